The summed E-state index contributed by atoms with van der Waals surface area (Å²) in [5.74, 6) is -1.38. The van der Waals surface area contributed by atoms with Crippen LogP contribution in [-0.2, 0) is 0 Å². The lowest BCUT2D eigenvalue weighted by Gasteiger charge is -2.09. The number of hydrogen-bond acceptors (Lipinski definition) is 3. The molecule has 2 amide bonds. The van der Waals surface area contributed by atoms with Crippen molar-refractivity contribution in [1.29, 1.82) is 0 Å². The maximum absolute atomic E-state index is 12.4. The average Bonchev–Trinajstić information content (AvgIpc) is 3.05. The number of fused-ring (bicyclic) bond motifs is 1. The SMILES string of the molecule is Cc1cccc2nc(C(=O)Nc3cccc(C(=O)NCC(F)(F)F)c3)cn12. The van der Waals surface area contributed by atoms with Gasteiger partial charge in [0.15, 0.2) is 0 Å². The summed E-state index contributed by atoms with van der Waals surface area (Å²) < 4.78 is 38.4. The number of benzene rings is 1. The second-order valence-electron chi connectivity index (χ2n) is 5.85. The number of nitrogens with zero attached hydrogens (tertiary/aromatic N) is 2. The highest BCUT2D eigenvalue weighted by atomic mass is 19.4. The Hall–Kier alpha value is -3.36. The van der Waals surface area contributed by atoms with Gasteiger partial charge in [0, 0.05) is 23.1 Å². The minimum atomic E-state index is -4.50. The molecular weight excluding hydrogens is 361 g/mol. The second-order valence-corrected chi connectivity index (χ2v) is 5.85. The zero-order valence-corrected chi connectivity index (χ0v) is 14.2. The number of carbonyl (C=O) groups excluding carboxylic acids is 2. The maximum atomic E-state index is 12.4. The van der Waals surface area contributed by atoms with Crippen LogP contribution in [0.15, 0.2) is 48.7 Å². The van der Waals surface area contributed by atoms with Crippen molar-refractivity contribution in [3.63, 3.8) is 0 Å². The minimum Gasteiger partial charge on any atom is -0.343 e. The molecule has 0 bridgehead atoms. The van der Waals surface area contributed by atoms with Crippen molar-refractivity contribution in [3.05, 3.63) is 65.6 Å². The Labute approximate surface area is 152 Å². The highest BCUT2D eigenvalue weighted by Crippen LogP contribution is 2.15. The quantitative estimate of drug-likeness (QED) is 0.734. The number of alkyl halides is 3. The van der Waals surface area contributed by atoms with E-state index in [2.05, 4.69) is 10.3 Å². The Morgan fingerprint density at radius 2 is 1.85 bits per heavy atom. The molecule has 0 aliphatic carbocycles. The first kappa shape index (κ1) is 18.4. The van der Waals surface area contributed by atoms with E-state index in [9.17, 15) is 22.8 Å². The van der Waals surface area contributed by atoms with Crippen molar-refractivity contribution >= 4 is 23.1 Å². The summed E-state index contributed by atoms with van der Waals surface area (Å²) in [7, 11) is 0. The largest absolute Gasteiger partial charge is 0.405 e. The van der Waals surface area contributed by atoms with E-state index < -0.39 is 24.5 Å². The predicted molar refractivity (Wildman–Crippen MR) is 92.7 cm³/mol. The number of carbonyl (C=O) groups is 2. The molecule has 0 radical (unpaired) electrons. The number of anilines is 1. The van der Waals surface area contributed by atoms with Crippen molar-refractivity contribution < 1.29 is 22.8 Å². The summed E-state index contributed by atoms with van der Waals surface area (Å²) >= 11 is 0. The van der Waals surface area contributed by atoms with Crippen molar-refractivity contribution in [2.75, 3.05) is 11.9 Å². The third-order valence-electron chi connectivity index (χ3n) is 3.76. The van der Waals surface area contributed by atoms with Crippen LogP contribution in [0.4, 0.5) is 18.9 Å². The van der Waals surface area contributed by atoms with Gasteiger partial charge < -0.3 is 15.0 Å². The summed E-state index contributed by atoms with van der Waals surface area (Å²) in [6.07, 6.45) is -2.91. The molecule has 140 valence electrons. The van der Waals surface area contributed by atoms with E-state index in [1.54, 1.807) is 22.0 Å². The molecule has 2 heterocycles. The van der Waals surface area contributed by atoms with Gasteiger partial charge in [-0.15, -0.1) is 0 Å². The fraction of sp³-hybridized carbons (Fsp3) is 0.167. The number of rotatable bonds is 4. The van der Waals surface area contributed by atoms with Gasteiger partial charge in [0.1, 0.15) is 17.9 Å². The van der Waals surface area contributed by atoms with E-state index in [0.717, 1.165) is 5.69 Å². The molecule has 1 aromatic carbocycles. The fourth-order valence-corrected chi connectivity index (χ4v) is 2.47. The molecule has 0 spiro atoms. The molecule has 0 saturated carbocycles. The van der Waals surface area contributed by atoms with Crippen molar-refractivity contribution in [1.82, 2.24) is 14.7 Å². The summed E-state index contributed by atoms with van der Waals surface area (Å²) in [5.41, 5.74) is 1.97. The van der Waals surface area contributed by atoms with Gasteiger partial charge in [-0.2, -0.15) is 13.2 Å². The number of halogens is 3. The van der Waals surface area contributed by atoms with Gasteiger partial charge in [0.2, 0.25) is 0 Å². The summed E-state index contributed by atoms with van der Waals surface area (Å²) in [6, 6.07) is 11.1. The zero-order valence-electron chi connectivity index (χ0n) is 14.2. The van der Waals surface area contributed by atoms with Gasteiger partial charge >= 0.3 is 6.18 Å². The number of amides is 2. The van der Waals surface area contributed by atoms with Crippen LogP contribution >= 0.6 is 0 Å². The lowest BCUT2D eigenvalue weighted by Crippen LogP contribution is -2.33. The Morgan fingerprint density at radius 1 is 1.11 bits per heavy atom. The highest BCUT2D eigenvalue weighted by Gasteiger charge is 2.27. The Kier molecular flexibility index (Phi) is 4.85. The van der Waals surface area contributed by atoms with Gasteiger partial charge in [0.25, 0.3) is 11.8 Å². The van der Waals surface area contributed by atoms with E-state index in [1.165, 1.54) is 24.3 Å². The van der Waals surface area contributed by atoms with Crippen LogP contribution in [0.2, 0.25) is 0 Å². The first-order chi connectivity index (χ1) is 12.7. The van der Waals surface area contributed by atoms with Gasteiger partial charge in [-0.05, 0) is 37.3 Å². The first-order valence-corrected chi connectivity index (χ1v) is 7.94. The zero-order chi connectivity index (χ0) is 19.6. The van der Waals surface area contributed by atoms with Gasteiger partial charge in [0.05, 0.1) is 0 Å². The molecule has 0 atom stereocenters. The molecular formula is C18H15F3N4O2. The van der Waals surface area contributed by atoms with E-state index in [-0.39, 0.29) is 16.9 Å². The lowest BCUT2D eigenvalue weighted by molar-refractivity contribution is -0.123. The van der Waals surface area contributed by atoms with Crippen LogP contribution in [0.1, 0.15) is 26.5 Å². The van der Waals surface area contributed by atoms with E-state index in [0.29, 0.717) is 5.65 Å². The predicted octanol–water partition coefficient (Wildman–Crippen LogP) is 3.19. The fourth-order valence-electron chi connectivity index (χ4n) is 2.47. The van der Waals surface area contributed by atoms with E-state index in [4.69, 9.17) is 0 Å². The number of nitrogens with one attached hydrogen (secondary N) is 2. The summed E-state index contributed by atoms with van der Waals surface area (Å²) in [4.78, 5) is 28.4. The molecule has 9 heteroatoms. The molecule has 3 aromatic rings. The van der Waals surface area contributed by atoms with Crippen molar-refractivity contribution in [2.45, 2.75) is 13.1 Å². The van der Waals surface area contributed by atoms with Crippen LogP contribution in [0, 0.1) is 6.92 Å². The monoisotopic (exact) mass is 376 g/mol. The van der Waals surface area contributed by atoms with Crippen LogP contribution in [0.5, 0.6) is 0 Å². The first-order valence-electron chi connectivity index (χ1n) is 7.94. The van der Waals surface area contributed by atoms with Crippen LogP contribution < -0.4 is 10.6 Å². The number of hydrogen-bond donors (Lipinski definition) is 2. The molecule has 0 aliphatic rings. The van der Waals surface area contributed by atoms with Gasteiger partial charge in [-0.1, -0.05) is 12.1 Å². The number of imidazole rings is 1. The maximum Gasteiger partial charge on any atom is 0.405 e. The molecule has 6 nitrogen and oxygen atoms in total. The molecule has 2 aromatic heterocycles. The van der Waals surface area contributed by atoms with Crippen molar-refractivity contribution in [2.24, 2.45) is 0 Å². The average molecular weight is 376 g/mol. The van der Waals surface area contributed by atoms with Gasteiger partial charge in [-0.3, -0.25) is 9.59 Å². The van der Waals surface area contributed by atoms with Crippen molar-refractivity contribution in [3.8, 4) is 0 Å². The molecule has 2 N–H and O–H groups in total. The minimum absolute atomic E-state index is 0.00268. The molecule has 0 unspecified atom stereocenters. The molecule has 27 heavy (non-hydrogen) atoms. The number of pyridine rings is 1. The van der Waals surface area contributed by atoms with Gasteiger partial charge in [-0.25, -0.2) is 4.98 Å². The Balaban J connectivity index is 1.74. The van der Waals surface area contributed by atoms with Crippen LogP contribution in [0.25, 0.3) is 5.65 Å². The third-order valence-corrected chi connectivity index (χ3v) is 3.76. The smallest absolute Gasteiger partial charge is 0.343 e. The summed E-state index contributed by atoms with van der Waals surface area (Å²) in [6.45, 7) is 0.447. The Bertz CT molecular complexity index is 1010. The molecule has 0 saturated heterocycles. The van der Waals surface area contributed by atoms with E-state index >= 15 is 0 Å². The topological polar surface area (TPSA) is 75.5 Å². The molecule has 0 fully saturated rings. The number of aromatic nitrogens is 2. The van der Waals surface area contributed by atoms with E-state index in [1.807, 2.05) is 19.1 Å². The van der Waals surface area contributed by atoms with Crippen LogP contribution in [0.3, 0.4) is 0 Å². The Morgan fingerprint density at radius 3 is 2.56 bits per heavy atom. The molecule has 3 rings (SSSR count). The van der Waals surface area contributed by atoms with Crippen LogP contribution in [-0.4, -0.2) is 33.9 Å². The summed E-state index contributed by atoms with van der Waals surface area (Å²) in [5, 5.41) is 4.37. The normalized spacial score (nSPS) is 11.4. The number of aryl methyl sites for hydroxylation is 1. The molecule has 0 aliphatic heterocycles. The third kappa shape index (κ3) is 4.43. The highest BCUT2D eigenvalue weighted by molar-refractivity contribution is 6.04. The lowest BCUT2D eigenvalue weighted by atomic mass is 10.2. The standard InChI is InChI=1S/C18H15F3N4O2/c1-11-4-2-7-15-24-14(9-25(11)15)17(27)23-13-6-3-5-12(8-13)16(26)22-10-18(19,20)21/h2-9H,10H2,1H3,(H,22,26)(H,23,27). The second kappa shape index (κ2) is 7.10.